The number of nitrogen functional groups attached to an aromatic ring is 1. The Hall–Kier alpha value is -2.07. The number of nitrogens with two attached hydrogens (primary N) is 1. The second-order valence-electron chi connectivity index (χ2n) is 5.11. The summed E-state index contributed by atoms with van der Waals surface area (Å²) in [5.74, 6) is 1.10. The minimum atomic E-state index is 0.410. The van der Waals surface area contributed by atoms with E-state index in [4.69, 9.17) is 10.3 Å². The number of hydrogen-bond donors (Lipinski definition) is 1. The van der Waals surface area contributed by atoms with Gasteiger partial charge in [0.05, 0.1) is 5.56 Å². The molecule has 0 unspecified atom stereocenters. The van der Waals surface area contributed by atoms with Gasteiger partial charge in [0.1, 0.15) is 0 Å². The summed E-state index contributed by atoms with van der Waals surface area (Å²) in [6.45, 7) is 4.10. The summed E-state index contributed by atoms with van der Waals surface area (Å²) in [4.78, 5) is 0. The Balaban J connectivity index is 2.19. The molecule has 3 nitrogen and oxygen atoms in total. The number of aromatic nitrogens is 1. The molecule has 3 aromatic rings. The molecular formula is C17H15BrN2O. The second-order valence-corrected chi connectivity index (χ2v) is 5.96. The van der Waals surface area contributed by atoms with Crippen molar-refractivity contribution in [1.82, 2.24) is 5.16 Å². The molecule has 1 heterocycles. The van der Waals surface area contributed by atoms with Gasteiger partial charge in [-0.2, -0.15) is 0 Å². The zero-order valence-electron chi connectivity index (χ0n) is 11.9. The molecule has 0 aliphatic carbocycles. The number of aryl methyl sites for hydroxylation is 2. The first-order valence-electron chi connectivity index (χ1n) is 6.65. The normalized spacial score (nSPS) is 10.8. The lowest BCUT2D eigenvalue weighted by Gasteiger charge is -2.05. The van der Waals surface area contributed by atoms with E-state index in [1.807, 2.05) is 37.3 Å². The molecule has 0 aliphatic heterocycles. The van der Waals surface area contributed by atoms with Crippen molar-refractivity contribution in [3.05, 3.63) is 58.1 Å². The molecule has 0 amide bonds. The second kappa shape index (κ2) is 5.37. The van der Waals surface area contributed by atoms with Crippen molar-refractivity contribution in [1.29, 1.82) is 0 Å². The smallest absolute Gasteiger partial charge is 0.176 e. The largest absolute Gasteiger partial charge is 0.380 e. The molecule has 4 heteroatoms. The zero-order valence-corrected chi connectivity index (χ0v) is 13.4. The minimum absolute atomic E-state index is 0.410. The van der Waals surface area contributed by atoms with Crippen LogP contribution in [0.2, 0.25) is 0 Å². The van der Waals surface area contributed by atoms with Crippen molar-refractivity contribution in [3.8, 4) is 22.5 Å². The standard InChI is InChI=1S/C17H15BrN2O/c1-10-4-3-5-12(8-10)15-16(21-20-17(15)19)13-7-6-11(2)14(18)9-13/h3-9H,1-2H3,(H2,19,20). The number of benzene rings is 2. The van der Waals surface area contributed by atoms with Crippen molar-refractivity contribution < 1.29 is 4.52 Å². The van der Waals surface area contributed by atoms with Crippen LogP contribution in [-0.2, 0) is 0 Å². The minimum Gasteiger partial charge on any atom is -0.380 e. The fourth-order valence-electron chi connectivity index (χ4n) is 2.31. The highest BCUT2D eigenvalue weighted by Gasteiger charge is 2.18. The summed E-state index contributed by atoms with van der Waals surface area (Å²) < 4.78 is 6.51. The van der Waals surface area contributed by atoms with E-state index in [1.165, 1.54) is 11.1 Å². The average Bonchev–Trinajstić information content (AvgIpc) is 2.84. The lowest BCUT2D eigenvalue weighted by Crippen LogP contribution is -1.89. The number of nitrogens with zero attached hydrogens (tertiary/aromatic N) is 1. The van der Waals surface area contributed by atoms with E-state index in [-0.39, 0.29) is 0 Å². The van der Waals surface area contributed by atoms with E-state index in [9.17, 15) is 0 Å². The Kier molecular flexibility index (Phi) is 3.55. The van der Waals surface area contributed by atoms with E-state index in [0.29, 0.717) is 11.6 Å². The van der Waals surface area contributed by atoms with Crippen LogP contribution in [0, 0.1) is 13.8 Å². The van der Waals surface area contributed by atoms with Crippen molar-refractivity contribution >= 4 is 21.7 Å². The van der Waals surface area contributed by atoms with Gasteiger partial charge in [-0.05, 0) is 31.0 Å². The highest BCUT2D eigenvalue weighted by atomic mass is 79.9. The predicted octanol–water partition coefficient (Wildman–Crippen LogP) is 4.97. The summed E-state index contributed by atoms with van der Waals surface area (Å²) in [7, 11) is 0. The van der Waals surface area contributed by atoms with Gasteiger partial charge in [0, 0.05) is 10.0 Å². The number of anilines is 1. The molecule has 1 aromatic heterocycles. The van der Waals surface area contributed by atoms with Gasteiger partial charge in [0.25, 0.3) is 0 Å². The third-order valence-electron chi connectivity index (χ3n) is 3.46. The molecule has 0 saturated heterocycles. The summed E-state index contributed by atoms with van der Waals surface area (Å²) >= 11 is 3.55. The summed E-state index contributed by atoms with van der Waals surface area (Å²) in [5, 5.41) is 3.94. The van der Waals surface area contributed by atoms with Crippen LogP contribution in [0.15, 0.2) is 51.5 Å². The fourth-order valence-corrected chi connectivity index (χ4v) is 2.69. The Morgan fingerprint density at radius 3 is 2.57 bits per heavy atom. The van der Waals surface area contributed by atoms with Gasteiger partial charge >= 0.3 is 0 Å². The monoisotopic (exact) mass is 342 g/mol. The maximum absolute atomic E-state index is 6.01. The molecule has 106 valence electrons. The molecule has 0 spiro atoms. The molecule has 3 rings (SSSR count). The summed E-state index contributed by atoms with van der Waals surface area (Å²) in [6.07, 6.45) is 0. The fraction of sp³-hybridized carbons (Fsp3) is 0.118. The zero-order chi connectivity index (χ0) is 15.0. The molecule has 0 fully saturated rings. The lowest BCUT2D eigenvalue weighted by atomic mass is 9.99. The van der Waals surface area contributed by atoms with Gasteiger partial charge in [0.2, 0.25) is 0 Å². The van der Waals surface area contributed by atoms with Crippen LogP contribution in [0.1, 0.15) is 11.1 Å². The van der Waals surface area contributed by atoms with Gasteiger partial charge in [-0.3, -0.25) is 0 Å². The van der Waals surface area contributed by atoms with Crippen molar-refractivity contribution in [3.63, 3.8) is 0 Å². The van der Waals surface area contributed by atoms with Crippen LogP contribution in [0.25, 0.3) is 22.5 Å². The molecule has 0 saturated carbocycles. The first-order valence-corrected chi connectivity index (χ1v) is 7.44. The molecule has 2 aromatic carbocycles. The first kappa shape index (κ1) is 13.9. The number of rotatable bonds is 2. The highest BCUT2D eigenvalue weighted by Crippen LogP contribution is 2.37. The number of hydrogen-bond acceptors (Lipinski definition) is 3. The predicted molar refractivity (Wildman–Crippen MR) is 89.0 cm³/mol. The Morgan fingerprint density at radius 1 is 1.05 bits per heavy atom. The first-order chi connectivity index (χ1) is 10.1. The van der Waals surface area contributed by atoms with Gasteiger partial charge < -0.3 is 10.3 Å². The van der Waals surface area contributed by atoms with E-state index in [0.717, 1.165) is 21.2 Å². The van der Waals surface area contributed by atoms with E-state index >= 15 is 0 Å². The van der Waals surface area contributed by atoms with E-state index < -0.39 is 0 Å². The summed E-state index contributed by atoms with van der Waals surface area (Å²) in [6, 6.07) is 14.2. The van der Waals surface area contributed by atoms with Crippen molar-refractivity contribution in [2.45, 2.75) is 13.8 Å². The maximum atomic E-state index is 6.01. The average molecular weight is 343 g/mol. The Labute approximate surface area is 131 Å². The maximum Gasteiger partial charge on any atom is 0.176 e. The van der Waals surface area contributed by atoms with E-state index in [1.54, 1.807) is 0 Å². The number of halogens is 1. The topological polar surface area (TPSA) is 52.0 Å². The van der Waals surface area contributed by atoms with Gasteiger partial charge in [0.15, 0.2) is 11.6 Å². The highest BCUT2D eigenvalue weighted by molar-refractivity contribution is 9.10. The van der Waals surface area contributed by atoms with Gasteiger partial charge in [-0.15, -0.1) is 0 Å². The van der Waals surface area contributed by atoms with Crippen LogP contribution in [0.3, 0.4) is 0 Å². The SMILES string of the molecule is Cc1cccc(-c2c(N)noc2-c2ccc(C)c(Br)c2)c1. The molecule has 21 heavy (non-hydrogen) atoms. The Morgan fingerprint density at radius 2 is 1.86 bits per heavy atom. The quantitative estimate of drug-likeness (QED) is 0.715. The molecule has 2 N–H and O–H groups in total. The third kappa shape index (κ3) is 2.59. The van der Waals surface area contributed by atoms with Crippen LogP contribution in [-0.4, -0.2) is 5.16 Å². The summed E-state index contributed by atoms with van der Waals surface area (Å²) in [5.41, 5.74) is 11.2. The van der Waals surface area contributed by atoms with Gasteiger partial charge in [-0.25, -0.2) is 0 Å². The van der Waals surface area contributed by atoms with Crippen molar-refractivity contribution in [2.24, 2.45) is 0 Å². The van der Waals surface area contributed by atoms with Crippen LogP contribution in [0.4, 0.5) is 5.82 Å². The molecule has 0 radical (unpaired) electrons. The molecule has 0 atom stereocenters. The lowest BCUT2D eigenvalue weighted by molar-refractivity contribution is 0.436. The van der Waals surface area contributed by atoms with Crippen molar-refractivity contribution in [2.75, 3.05) is 5.73 Å². The van der Waals surface area contributed by atoms with Crippen LogP contribution in [0.5, 0.6) is 0 Å². The van der Waals surface area contributed by atoms with Gasteiger partial charge in [-0.1, -0.05) is 63.0 Å². The third-order valence-corrected chi connectivity index (χ3v) is 4.31. The molecule has 0 aliphatic rings. The van der Waals surface area contributed by atoms with Crippen LogP contribution < -0.4 is 5.73 Å². The van der Waals surface area contributed by atoms with Crippen LogP contribution >= 0.6 is 15.9 Å². The molecular weight excluding hydrogens is 328 g/mol. The Bertz CT molecular complexity index is 808. The van der Waals surface area contributed by atoms with E-state index in [2.05, 4.69) is 40.1 Å². The molecule has 0 bridgehead atoms.